The minimum atomic E-state index is 0.497. The van der Waals surface area contributed by atoms with Crippen LogP contribution >= 0.6 is 11.6 Å². The number of hydrogen-bond donors (Lipinski definition) is 0. The zero-order valence-corrected chi connectivity index (χ0v) is 11.6. The van der Waals surface area contributed by atoms with Crippen LogP contribution < -0.4 is 4.46 Å². The first-order chi connectivity index (χ1) is 7.77. The number of hydrogen-bond acceptors (Lipinski definition) is 0. The molecule has 2 aromatic rings. The zero-order valence-electron chi connectivity index (χ0n) is 9.11. The second-order valence-electron chi connectivity index (χ2n) is 3.63. The van der Waals surface area contributed by atoms with E-state index in [9.17, 15) is 0 Å². The van der Waals surface area contributed by atoms with Crippen molar-refractivity contribution in [1.29, 1.82) is 0 Å². The first-order valence-corrected chi connectivity index (χ1v) is 7.64. The predicted octanol–water partition coefficient (Wildman–Crippen LogP) is 3.18. The summed E-state index contributed by atoms with van der Waals surface area (Å²) >= 11 is 6.60. The third-order valence-corrected chi connectivity index (χ3v) is 5.15. The molecule has 16 heavy (non-hydrogen) atoms. The first-order valence-electron chi connectivity index (χ1n) is 5.19. The summed E-state index contributed by atoms with van der Waals surface area (Å²) in [6, 6.07) is 16.8. The second-order valence-corrected chi connectivity index (χ2v) is 6.23. The number of benzene rings is 2. The van der Waals surface area contributed by atoms with Crippen molar-refractivity contribution in [1.82, 2.24) is 0 Å². The topological polar surface area (TPSA) is 0 Å². The van der Waals surface area contributed by atoms with E-state index in [4.69, 9.17) is 11.6 Å². The van der Waals surface area contributed by atoms with Crippen LogP contribution in [0.2, 0.25) is 5.02 Å². The Morgan fingerprint density at radius 3 is 2.50 bits per heavy atom. The van der Waals surface area contributed by atoms with Crippen molar-refractivity contribution < 1.29 is 0 Å². The molecule has 0 heterocycles. The molecule has 0 aliphatic rings. The summed E-state index contributed by atoms with van der Waals surface area (Å²) in [4.78, 5) is 0. The summed E-state index contributed by atoms with van der Waals surface area (Å²) in [6.45, 7) is 2.10. The van der Waals surface area contributed by atoms with Gasteiger partial charge in [0.2, 0.25) is 0 Å². The molecule has 0 aromatic heterocycles. The van der Waals surface area contributed by atoms with E-state index in [1.165, 1.54) is 15.6 Å². The zero-order chi connectivity index (χ0) is 11.4. The van der Waals surface area contributed by atoms with E-state index in [0.717, 1.165) is 10.3 Å². The quantitative estimate of drug-likeness (QED) is 0.763. The Morgan fingerprint density at radius 2 is 1.75 bits per heavy atom. The molecule has 0 radical (unpaired) electrons. The maximum atomic E-state index is 6.10. The summed E-state index contributed by atoms with van der Waals surface area (Å²) < 4.78 is 1.44. The van der Waals surface area contributed by atoms with Crippen LogP contribution in [0, 0.1) is 6.92 Å². The van der Waals surface area contributed by atoms with Crippen molar-refractivity contribution in [2.45, 2.75) is 12.2 Å². The summed E-state index contributed by atoms with van der Waals surface area (Å²) in [5.41, 5.74) is 2.60. The molecule has 2 heteroatoms. The molecule has 0 N–H and O–H groups in total. The van der Waals surface area contributed by atoms with Crippen LogP contribution in [0.3, 0.4) is 0 Å². The van der Waals surface area contributed by atoms with Gasteiger partial charge in [-0.3, -0.25) is 0 Å². The molecular formula is C14H13ClSe. The Kier molecular flexibility index (Phi) is 4.06. The van der Waals surface area contributed by atoms with Gasteiger partial charge in [0.15, 0.2) is 0 Å². The summed E-state index contributed by atoms with van der Waals surface area (Å²) in [6.07, 6.45) is 0. The van der Waals surface area contributed by atoms with E-state index in [-0.39, 0.29) is 0 Å². The molecular weight excluding hydrogens is 283 g/mol. The third-order valence-electron chi connectivity index (χ3n) is 2.52. The van der Waals surface area contributed by atoms with Gasteiger partial charge in [0.05, 0.1) is 0 Å². The van der Waals surface area contributed by atoms with Crippen molar-refractivity contribution in [3.05, 3.63) is 64.7 Å². The van der Waals surface area contributed by atoms with Gasteiger partial charge in [0.25, 0.3) is 0 Å². The van der Waals surface area contributed by atoms with Crippen molar-refractivity contribution >= 4 is 31.0 Å². The van der Waals surface area contributed by atoms with Crippen molar-refractivity contribution in [2.24, 2.45) is 0 Å². The fourth-order valence-corrected chi connectivity index (χ4v) is 3.75. The summed E-state index contributed by atoms with van der Waals surface area (Å²) in [7, 11) is 0. The van der Waals surface area contributed by atoms with Gasteiger partial charge in [0.1, 0.15) is 0 Å². The van der Waals surface area contributed by atoms with E-state index < -0.39 is 0 Å². The molecule has 0 atom stereocenters. The van der Waals surface area contributed by atoms with Crippen LogP contribution in [0.1, 0.15) is 11.1 Å². The van der Waals surface area contributed by atoms with E-state index in [1.807, 2.05) is 12.1 Å². The third kappa shape index (κ3) is 2.89. The average molecular weight is 296 g/mol. The van der Waals surface area contributed by atoms with Gasteiger partial charge in [-0.15, -0.1) is 0 Å². The van der Waals surface area contributed by atoms with Gasteiger partial charge >= 0.3 is 108 Å². The SMILES string of the molecule is Cc1c(Cl)cccc1C[Se]c1ccccc1. The molecule has 0 fully saturated rings. The Morgan fingerprint density at radius 1 is 1.00 bits per heavy atom. The van der Waals surface area contributed by atoms with E-state index >= 15 is 0 Å². The molecule has 0 spiro atoms. The standard InChI is InChI=1S/C14H13ClSe/c1-11-12(6-5-9-14(11)15)10-16-13-7-3-2-4-8-13/h2-9H,10H2,1H3. The first kappa shape index (κ1) is 11.7. The fraction of sp³-hybridized carbons (Fsp3) is 0.143. The Bertz CT molecular complexity index is 465. The summed E-state index contributed by atoms with van der Waals surface area (Å²) in [5, 5.41) is 1.99. The number of halogens is 1. The monoisotopic (exact) mass is 296 g/mol. The van der Waals surface area contributed by atoms with Gasteiger partial charge in [0, 0.05) is 0 Å². The van der Waals surface area contributed by atoms with Gasteiger partial charge in [-0.2, -0.15) is 0 Å². The second kappa shape index (κ2) is 5.54. The van der Waals surface area contributed by atoms with Crippen molar-refractivity contribution in [2.75, 3.05) is 0 Å². The average Bonchev–Trinajstić information content (AvgIpc) is 2.32. The fourth-order valence-electron chi connectivity index (χ4n) is 1.49. The van der Waals surface area contributed by atoms with Crippen LogP contribution in [-0.4, -0.2) is 15.0 Å². The van der Waals surface area contributed by atoms with E-state index in [1.54, 1.807) is 0 Å². The molecule has 0 amide bonds. The molecule has 2 rings (SSSR count). The van der Waals surface area contributed by atoms with Crippen LogP contribution in [0.15, 0.2) is 48.5 Å². The maximum absolute atomic E-state index is 6.10. The van der Waals surface area contributed by atoms with Crippen LogP contribution in [0.5, 0.6) is 0 Å². The molecule has 0 nitrogen and oxygen atoms in total. The normalized spacial score (nSPS) is 10.4. The van der Waals surface area contributed by atoms with Gasteiger partial charge in [-0.1, -0.05) is 0 Å². The molecule has 2 aromatic carbocycles. The Hall–Kier alpha value is -0.751. The molecule has 0 unspecified atom stereocenters. The molecule has 0 bridgehead atoms. The minimum absolute atomic E-state index is 0.497. The van der Waals surface area contributed by atoms with E-state index in [2.05, 4.69) is 43.3 Å². The van der Waals surface area contributed by atoms with Gasteiger partial charge in [-0.05, 0) is 0 Å². The Labute approximate surface area is 108 Å². The van der Waals surface area contributed by atoms with Crippen LogP contribution in [-0.2, 0) is 5.32 Å². The molecule has 0 aliphatic carbocycles. The van der Waals surface area contributed by atoms with Gasteiger partial charge < -0.3 is 0 Å². The van der Waals surface area contributed by atoms with Crippen molar-refractivity contribution in [3.8, 4) is 0 Å². The summed E-state index contributed by atoms with van der Waals surface area (Å²) in [5.74, 6) is 0. The van der Waals surface area contributed by atoms with Gasteiger partial charge in [-0.25, -0.2) is 0 Å². The molecule has 0 saturated carbocycles. The van der Waals surface area contributed by atoms with Crippen LogP contribution in [0.25, 0.3) is 0 Å². The predicted molar refractivity (Wildman–Crippen MR) is 71.7 cm³/mol. The molecule has 0 saturated heterocycles. The molecule has 82 valence electrons. The van der Waals surface area contributed by atoms with Crippen molar-refractivity contribution in [3.63, 3.8) is 0 Å². The Balaban J connectivity index is 2.08. The molecule has 0 aliphatic heterocycles. The number of rotatable bonds is 3. The van der Waals surface area contributed by atoms with E-state index in [0.29, 0.717) is 15.0 Å². The van der Waals surface area contributed by atoms with Crippen LogP contribution in [0.4, 0.5) is 0 Å².